The van der Waals surface area contributed by atoms with Crippen LogP contribution in [0.2, 0.25) is 0 Å². The molecule has 0 amide bonds. The molecule has 0 aliphatic rings. The third kappa shape index (κ3) is 1.51. The maximum absolute atomic E-state index is 12.1. The topological polar surface area (TPSA) is 71.8 Å². The molecule has 1 rings (SSSR count). The highest BCUT2D eigenvalue weighted by atomic mass is 19.1. The van der Waals surface area contributed by atoms with Crippen molar-refractivity contribution in [1.82, 2.24) is 9.97 Å². The normalized spacial score (nSPS) is 8.50. The van der Waals surface area contributed by atoms with Crippen molar-refractivity contribution in [2.45, 2.75) is 0 Å². The zero-order chi connectivity index (χ0) is 6.85. The molecule has 0 atom stereocenters. The Bertz CT molecular complexity index is 271. The van der Waals surface area contributed by atoms with Crippen molar-refractivity contribution in [3.05, 3.63) is 22.5 Å². The molecule has 10 heavy (non-hydrogen) atoms. The lowest BCUT2D eigenvalue weighted by Crippen LogP contribution is -2.12. The summed E-state index contributed by atoms with van der Waals surface area (Å²) in [7, 11) is 0. The van der Waals surface area contributed by atoms with Crippen molar-refractivity contribution in [3.63, 3.8) is 0 Å². The summed E-state index contributed by atoms with van der Waals surface area (Å²) in [5.41, 5.74) is 4.31. The minimum atomic E-state index is -0.713. The Balaban J connectivity index is 0.000000810. The highest BCUT2D eigenvalue weighted by Gasteiger charge is 1.95. The number of halogens is 2. The van der Waals surface area contributed by atoms with E-state index in [1.807, 2.05) is 4.98 Å². The van der Waals surface area contributed by atoms with Crippen LogP contribution in [-0.2, 0) is 0 Å². The first kappa shape index (κ1) is 8.54. The predicted octanol–water partition coefficient (Wildman–Crippen LogP) is -0.356. The van der Waals surface area contributed by atoms with Gasteiger partial charge < -0.3 is 5.73 Å². The number of nitrogen functional groups attached to an aromatic ring is 1. The Hall–Kier alpha value is -1.46. The Morgan fingerprint density at radius 2 is 2.30 bits per heavy atom. The van der Waals surface area contributed by atoms with Crippen molar-refractivity contribution in [1.29, 1.82) is 0 Å². The second kappa shape index (κ2) is 2.90. The predicted molar refractivity (Wildman–Crippen MR) is 31.7 cm³/mol. The van der Waals surface area contributed by atoms with E-state index < -0.39 is 11.5 Å². The van der Waals surface area contributed by atoms with Gasteiger partial charge in [-0.05, 0) is 0 Å². The molecule has 56 valence electrons. The third-order valence-electron chi connectivity index (χ3n) is 0.794. The van der Waals surface area contributed by atoms with Gasteiger partial charge in [0, 0.05) is 0 Å². The van der Waals surface area contributed by atoms with Gasteiger partial charge in [-0.1, -0.05) is 0 Å². The molecule has 0 spiro atoms. The quantitative estimate of drug-likeness (QED) is 0.529. The van der Waals surface area contributed by atoms with E-state index in [9.17, 15) is 9.18 Å². The highest BCUT2D eigenvalue weighted by Crippen LogP contribution is 1.96. The number of hydrogen-bond acceptors (Lipinski definition) is 3. The minimum Gasteiger partial charge on any atom is -0.383 e. The van der Waals surface area contributed by atoms with Gasteiger partial charge in [0.15, 0.2) is 5.82 Å². The zero-order valence-corrected chi connectivity index (χ0v) is 4.80. The van der Waals surface area contributed by atoms with Crippen molar-refractivity contribution in [2.24, 2.45) is 0 Å². The summed E-state index contributed by atoms with van der Waals surface area (Å²) in [5, 5.41) is 0. The number of hydrogen-bond donors (Lipinski definition) is 2. The maximum Gasteiger partial charge on any atom is 0.346 e. The van der Waals surface area contributed by atoms with Gasteiger partial charge in [0.1, 0.15) is 5.82 Å². The van der Waals surface area contributed by atoms with E-state index in [2.05, 4.69) is 4.98 Å². The number of nitrogens with one attached hydrogen (secondary N) is 1. The van der Waals surface area contributed by atoms with Gasteiger partial charge in [0.25, 0.3) is 0 Å². The van der Waals surface area contributed by atoms with Crippen LogP contribution in [0.25, 0.3) is 0 Å². The number of aromatic amines is 1. The fraction of sp³-hybridized carbons (Fsp3) is 0. The lowest BCUT2D eigenvalue weighted by Gasteiger charge is -1.89. The van der Waals surface area contributed by atoms with Crippen LogP contribution in [0, 0.1) is 5.82 Å². The van der Waals surface area contributed by atoms with E-state index in [0.29, 0.717) is 0 Å². The molecule has 1 aromatic heterocycles. The van der Waals surface area contributed by atoms with Gasteiger partial charge in [0.2, 0.25) is 0 Å². The third-order valence-corrected chi connectivity index (χ3v) is 0.794. The van der Waals surface area contributed by atoms with E-state index in [0.717, 1.165) is 6.20 Å². The van der Waals surface area contributed by atoms with E-state index in [1.54, 1.807) is 0 Å². The molecule has 0 aliphatic carbocycles. The Kier molecular flexibility index (Phi) is 2.48. The SMILES string of the molecule is F.Nc1[nH]c(=O)ncc1F. The van der Waals surface area contributed by atoms with Crippen LogP contribution in [0.4, 0.5) is 14.9 Å². The lowest BCUT2D eigenvalue weighted by atomic mass is 10.6. The monoisotopic (exact) mass is 149 g/mol. The molecule has 0 fully saturated rings. The first-order valence-electron chi connectivity index (χ1n) is 2.20. The average molecular weight is 149 g/mol. The highest BCUT2D eigenvalue weighted by molar-refractivity contribution is 5.25. The molecular weight excluding hydrogens is 144 g/mol. The molecule has 0 aromatic carbocycles. The van der Waals surface area contributed by atoms with Crippen LogP contribution in [0.5, 0.6) is 0 Å². The van der Waals surface area contributed by atoms with Crippen molar-refractivity contribution >= 4 is 5.82 Å². The molecule has 3 N–H and O–H groups in total. The molecule has 0 radical (unpaired) electrons. The molecule has 0 saturated carbocycles. The van der Waals surface area contributed by atoms with Crippen LogP contribution < -0.4 is 11.4 Å². The van der Waals surface area contributed by atoms with Crippen molar-refractivity contribution in [3.8, 4) is 0 Å². The number of rotatable bonds is 0. The van der Waals surface area contributed by atoms with Crippen LogP contribution in [0.3, 0.4) is 0 Å². The van der Waals surface area contributed by atoms with E-state index in [4.69, 9.17) is 5.73 Å². The summed E-state index contributed by atoms with van der Waals surface area (Å²) in [5.74, 6) is -0.996. The minimum absolute atomic E-state index is 0. The molecule has 4 nitrogen and oxygen atoms in total. The Morgan fingerprint density at radius 1 is 1.70 bits per heavy atom. The molecule has 0 bridgehead atoms. The number of nitrogens with zero attached hydrogens (tertiary/aromatic N) is 1. The molecular formula is C4H5F2N3O. The largest absolute Gasteiger partial charge is 0.383 e. The molecule has 0 unspecified atom stereocenters. The number of anilines is 1. The number of aromatic nitrogens is 2. The van der Waals surface area contributed by atoms with E-state index in [1.165, 1.54) is 0 Å². The zero-order valence-electron chi connectivity index (χ0n) is 4.80. The fourth-order valence-electron chi connectivity index (χ4n) is 0.392. The lowest BCUT2D eigenvalue weighted by molar-refractivity contribution is 0.617. The molecule has 1 aromatic rings. The first-order chi connectivity index (χ1) is 4.20. The first-order valence-corrected chi connectivity index (χ1v) is 2.20. The van der Waals surface area contributed by atoms with Gasteiger partial charge in [0.05, 0.1) is 6.20 Å². The van der Waals surface area contributed by atoms with Crippen LogP contribution in [0.15, 0.2) is 11.0 Å². The summed E-state index contributed by atoms with van der Waals surface area (Å²) < 4.78 is 12.1. The summed E-state index contributed by atoms with van der Waals surface area (Å²) in [6.45, 7) is 0. The van der Waals surface area contributed by atoms with Gasteiger partial charge in [-0.15, -0.1) is 0 Å². The van der Waals surface area contributed by atoms with Crippen LogP contribution >= 0.6 is 0 Å². The Labute approximate surface area is 54.3 Å². The summed E-state index contributed by atoms with van der Waals surface area (Å²) in [4.78, 5) is 15.3. The van der Waals surface area contributed by atoms with Gasteiger partial charge in [-0.3, -0.25) is 9.69 Å². The van der Waals surface area contributed by atoms with Gasteiger partial charge >= 0.3 is 5.69 Å². The standard InChI is InChI=1S/C4H4FN3O.FH/c5-2-1-7-4(9)8-3(2)6;/h1H,(H3,6,7,8,9);1H. The summed E-state index contributed by atoms with van der Waals surface area (Å²) in [6.07, 6.45) is 0.772. The number of nitrogens with two attached hydrogens (primary N) is 1. The fourth-order valence-corrected chi connectivity index (χ4v) is 0.392. The molecule has 0 saturated heterocycles. The van der Waals surface area contributed by atoms with E-state index in [-0.39, 0.29) is 10.5 Å². The van der Waals surface area contributed by atoms with Crippen molar-refractivity contribution < 1.29 is 9.09 Å². The van der Waals surface area contributed by atoms with E-state index >= 15 is 0 Å². The maximum atomic E-state index is 12.1. The van der Waals surface area contributed by atoms with Gasteiger partial charge in [-0.2, -0.15) is 4.98 Å². The van der Waals surface area contributed by atoms with Crippen LogP contribution in [-0.4, -0.2) is 9.97 Å². The van der Waals surface area contributed by atoms with Crippen molar-refractivity contribution in [2.75, 3.05) is 5.73 Å². The molecule has 6 heteroatoms. The average Bonchev–Trinajstić information content (AvgIpc) is 1.80. The Morgan fingerprint density at radius 3 is 2.70 bits per heavy atom. The smallest absolute Gasteiger partial charge is 0.346 e. The second-order valence-electron chi connectivity index (χ2n) is 1.45. The van der Waals surface area contributed by atoms with Gasteiger partial charge in [-0.25, -0.2) is 9.18 Å². The van der Waals surface area contributed by atoms with Crippen LogP contribution in [0.1, 0.15) is 0 Å². The molecule has 0 aliphatic heterocycles. The number of H-pyrrole nitrogens is 1. The second-order valence-corrected chi connectivity index (χ2v) is 1.45. The summed E-state index contributed by atoms with van der Waals surface area (Å²) in [6, 6.07) is 0. The molecule has 1 heterocycles. The summed E-state index contributed by atoms with van der Waals surface area (Å²) >= 11 is 0.